The van der Waals surface area contributed by atoms with E-state index < -0.39 is 22.0 Å². The fourth-order valence-electron chi connectivity index (χ4n) is 3.51. The van der Waals surface area contributed by atoms with Crippen LogP contribution in [0.2, 0.25) is 0 Å². The third-order valence-electron chi connectivity index (χ3n) is 5.26. The Balaban J connectivity index is 1.80. The lowest BCUT2D eigenvalue weighted by Crippen LogP contribution is -2.45. The van der Waals surface area contributed by atoms with Crippen LogP contribution in [0.15, 0.2) is 78.9 Å². The Morgan fingerprint density at radius 2 is 1.44 bits per heavy atom. The predicted molar refractivity (Wildman–Crippen MR) is 142 cm³/mol. The van der Waals surface area contributed by atoms with Crippen LogP contribution in [0.5, 0.6) is 11.5 Å². The number of ether oxygens (including phenoxy) is 1. The van der Waals surface area contributed by atoms with E-state index in [9.17, 15) is 18.0 Å². The lowest BCUT2D eigenvalue weighted by atomic mass is 10.1. The zero-order chi connectivity index (χ0) is 26.3. The fraction of sp³-hybridized carbons (Fsp3) is 0.259. The number of carbonyl (C=O) groups is 2. The molecule has 8 nitrogen and oxygen atoms in total. The van der Waals surface area contributed by atoms with E-state index in [1.807, 2.05) is 44.2 Å². The normalized spacial score (nSPS) is 12.0. The van der Waals surface area contributed by atoms with Crippen molar-refractivity contribution in [2.45, 2.75) is 26.8 Å². The number of hydrogen-bond acceptors (Lipinski definition) is 5. The van der Waals surface area contributed by atoms with Gasteiger partial charge in [0.15, 0.2) is 0 Å². The second kappa shape index (κ2) is 11.7. The lowest BCUT2D eigenvalue weighted by molar-refractivity contribution is -0.116. The summed E-state index contributed by atoms with van der Waals surface area (Å²) in [6.07, 6.45) is 1.04. The van der Waals surface area contributed by atoms with Crippen molar-refractivity contribution in [3.8, 4) is 11.5 Å². The molecule has 3 aromatic carbocycles. The van der Waals surface area contributed by atoms with Crippen molar-refractivity contribution in [3.05, 3.63) is 84.4 Å². The second-order valence-corrected chi connectivity index (χ2v) is 10.6. The highest BCUT2D eigenvalue weighted by Gasteiger charge is 2.30. The molecule has 0 aromatic heterocycles. The van der Waals surface area contributed by atoms with Gasteiger partial charge in [0.1, 0.15) is 17.5 Å². The summed E-state index contributed by atoms with van der Waals surface area (Å²) < 4.78 is 32.2. The maximum absolute atomic E-state index is 13.1. The number of hydrogen-bond donors (Lipinski definition) is 2. The van der Waals surface area contributed by atoms with E-state index in [1.165, 1.54) is 6.92 Å². The number of nitrogens with zero attached hydrogens (tertiary/aromatic N) is 1. The third-order valence-corrected chi connectivity index (χ3v) is 6.50. The van der Waals surface area contributed by atoms with Crippen LogP contribution in [0.3, 0.4) is 0 Å². The van der Waals surface area contributed by atoms with E-state index in [-0.39, 0.29) is 11.8 Å². The van der Waals surface area contributed by atoms with Gasteiger partial charge in [-0.15, -0.1) is 0 Å². The molecule has 0 heterocycles. The zero-order valence-corrected chi connectivity index (χ0v) is 21.6. The average Bonchev–Trinajstić information content (AvgIpc) is 2.84. The number of rotatable bonds is 10. The molecule has 9 heteroatoms. The summed E-state index contributed by atoms with van der Waals surface area (Å²) in [7, 11) is -3.82. The first-order valence-electron chi connectivity index (χ1n) is 11.6. The van der Waals surface area contributed by atoms with Gasteiger partial charge in [0.25, 0.3) is 5.91 Å². The summed E-state index contributed by atoms with van der Waals surface area (Å²) in [6, 6.07) is 21.1. The summed E-state index contributed by atoms with van der Waals surface area (Å²) >= 11 is 0. The first-order valence-corrected chi connectivity index (χ1v) is 13.4. The highest BCUT2D eigenvalue weighted by Crippen LogP contribution is 2.27. The molecular formula is C27H31N3O5S. The summed E-state index contributed by atoms with van der Waals surface area (Å²) in [5, 5.41) is 5.54. The number of nitrogens with one attached hydrogen (secondary N) is 2. The van der Waals surface area contributed by atoms with Crippen LogP contribution in [0.1, 0.15) is 31.1 Å². The van der Waals surface area contributed by atoms with Crippen molar-refractivity contribution in [2.75, 3.05) is 22.4 Å². The van der Waals surface area contributed by atoms with Gasteiger partial charge in [0.05, 0.1) is 23.2 Å². The molecule has 0 aliphatic carbocycles. The Labute approximate surface area is 212 Å². The Bertz CT molecular complexity index is 1290. The minimum absolute atomic E-state index is 0.267. The Hall–Kier alpha value is -3.85. The summed E-state index contributed by atoms with van der Waals surface area (Å²) in [5.74, 6) is 0.546. The smallest absolute Gasteiger partial charge is 0.253 e. The number of anilines is 2. The van der Waals surface area contributed by atoms with Gasteiger partial charge >= 0.3 is 0 Å². The van der Waals surface area contributed by atoms with Crippen LogP contribution in [-0.2, 0) is 14.8 Å². The number of amides is 2. The fourth-order valence-corrected chi connectivity index (χ4v) is 4.69. The minimum Gasteiger partial charge on any atom is -0.457 e. The van der Waals surface area contributed by atoms with Crippen molar-refractivity contribution >= 4 is 33.2 Å². The highest BCUT2D eigenvalue weighted by atomic mass is 32.2. The Morgan fingerprint density at radius 1 is 0.861 bits per heavy atom. The third kappa shape index (κ3) is 7.08. The van der Waals surface area contributed by atoms with Crippen molar-refractivity contribution in [1.82, 2.24) is 5.32 Å². The Morgan fingerprint density at radius 3 is 2.06 bits per heavy atom. The topological polar surface area (TPSA) is 105 Å². The molecule has 3 rings (SSSR count). The quantitative estimate of drug-likeness (QED) is 0.414. The molecule has 0 radical (unpaired) electrons. The summed E-state index contributed by atoms with van der Waals surface area (Å²) in [6.45, 7) is 5.95. The summed E-state index contributed by atoms with van der Waals surface area (Å²) in [5.41, 5.74) is 0.909. The van der Waals surface area contributed by atoms with Gasteiger partial charge in [-0.25, -0.2) is 8.42 Å². The maximum Gasteiger partial charge on any atom is 0.253 e. The van der Waals surface area contributed by atoms with E-state index in [4.69, 9.17) is 4.74 Å². The number of para-hydroxylation sites is 2. The molecule has 1 atom stereocenters. The van der Waals surface area contributed by atoms with Crippen molar-refractivity contribution in [1.29, 1.82) is 0 Å². The first-order chi connectivity index (χ1) is 17.1. The van der Waals surface area contributed by atoms with Gasteiger partial charge in [-0.3, -0.25) is 13.9 Å². The van der Waals surface area contributed by atoms with Crippen LogP contribution in [0.4, 0.5) is 11.4 Å². The van der Waals surface area contributed by atoms with Gasteiger partial charge in [-0.05, 0) is 61.4 Å². The van der Waals surface area contributed by atoms with Gasteiger partial charge in [-0.1, -0.05) is 44.2 Å². The molecule has 0 saturated heterocycles. The van der Waals surface area contributed by atoms with E-state index in [0.29, 0.717) is 35.0 Å². The zero-order valence-electron chi connectivity index (χ0n) is 20.8. The van der Waals surface area contributed by atoms with Gasteiger partial charge in [-0.2, -0.15) is 0 Å². The van der Waals surface area contributed by atoms with Gasteiger partial charge in [0.2, 0.25) is 15.9 Å². The molecule has 0 fully saturated rings. The number of carbonyl (C=O) groups excluding carboxylic acids is 2. The number of benzene rings is 3. The molecule has 0 bridgehead atoms. The molecule has 2 amide bonds. The second-order valence-electron chi connectivity index (χ2n) is 8.78. The molecule has 190 valence electrons. The van der Waals surface area contributed by atoms with Gasteiger partial charge < -0.3 is 15.4 Å². The molecule has 36 heavy (non-hydrogen) atoms. The predicted octanol–water partition coefficient (Wildman–Crippen LogP) is 4.66. The minimum atomic E-state index is -3.82. The largest absolute Gasteiger partial charge is 0.457 e. The van der Waals surface area contributed by atoms with E-state index in [0.717, 1.165) is 10.6 Å². The Kier molecular flexibility index (Phi) is 8.71. The van der Waals surface area contributed by atoms with E-state index >= 15 is 0 Å². The molecule has 2 N–H and O–H groups in total. The van der Waals surface area contributed by atoms with Crippen molar-refractivity contribution < 1.29 is 22.7 Å². The van der Waals surface area contributed by atoms with Crippen LogP contribution < -0.4 is 19.7 Å². The van der Waals surface area contributed by atoms with Crippen LogP contribution in [0, 0.1) is 5.92 Å². The monoisotopic (exact) mass is 509 g/mol. The van der Waals surface area contributed by atoms with Crippen LogP contribution >= 0.6 is 0 Å². The average molecular weight is 510 g/mol. The highest BCUT2D eigenvalue weighted by molar-refractivity contribution is 7.92. The summed E-state index contributed by atoms with van der Waals surface area (Å²) in [4.78, 5) is 25.8. The van der Waals surface area contributed by atoms with E-state index in [1.54, 1.807) is 48.5 Å². The van der Waals surface area contributed by atoms with Crippen LogP contribution in [-0.4, -0.2) is 39.1 Å². The molecule has 0 saturated carbocycles. The van der Waals surface area contributed by atoms with Crippen LogP contribution in [0.25, 0.3) is 0 Å². The molecule has 0 aliphatic heterocycles. The molecule has 0 aliphatic rings. The van der Waals surface area contributed by atoms with E-state index in [2.05, 4.69) is 10.6 Å². The maximum atomic E-state index is 13.1. The molecular weight excluding hydrogens is 478 g/mol. The molecule has 0 spiro atoms. The molecule has 0 unspecified atom stereocenters. The standard InChI is InChI=1S/C27H31N3O5S/c1-19(2)18-28-27(32)24-12-8-9-13-25(24)29-26(31)20(3)30(36(4,33)34)21-14-16-23(17-15-21)35-22-10-6-5-7-11-22/h5-17,19-20H,18H2,1-4H3,(H,28,32)(H,29,31)/t20-/m0/s1. The first kappa shape index (κ1) is 26.7. The number of sulfonamides is 1. The SMILES string of the molecule is CC(C)CNC(=O)c1ccccc1NC(=O)[C@H](C)N(c1ccc(Oc2ccccc2)cc1)S(C)(=O)=O. The van der Waals surface area contributed by atoms with Crippen molar-refractivity contribution in [3.63, 3.8) is 0 Å². The van der Waals surface area contributed by atoms with Gasteiger partial charge in [0, 0.05) is 6.54 Å². The lowest BCUT2D eigenvalue weighted by Gasteiger charge is -2.28. The van der Waals surface area contributed by atoms with Crippen molar-refractivity contribution in [2.24, 2.45) is 5.92 Å². The molecule has 3 aromatic rings.